The molecule has 5 heteroatoms. The number of hydrogen-bond acceptors (Lipinski definition) is 5. The number of thiazole rings is 1. The molecule has 0 aliphatic rings. The van der Waals surface area contributed by atoms with Crippen molar-refractivity contribution in [1.82, 2.24) is 15.0 Å². The maximum absolute atomic E-state index is 4.58. The van der Waals surface area contributed by atoms with Gasteiger partial charge in [-0.2, -0.15) is 0 Å². The van der Waals surface area contributed by atoms with E-state index in [4.69, 9.17) is 0 Å². The Kier molecular flexibility index (Phi) is 3.66. The zero-order valence-electron chi connectivity index (χ0n) is 12.2. The lowest BCUT2D eigenvalue weighted by Crippen LogP contribution is -1.97. The number of nitrogens with zero attached hydrogens (tertiary/aromatic N) is 3. The third kappa shape index (κ3) is 3.08. The van der Waals surface area contributed by atoms with E-state index in [1.165, 1.54) is 5.56 Å². The van der Waals surface area contributed by atoms with Gasteiger partial charge < -0.3 is 5.32 Å². The number of aromatic nitrogens is 3. The quantitative estimate of drug-likeness (QED) is 0.784. The van der Waals surface area contributed by atoms with E-state index < -0.39 is 0 Å². The van der Waals surface area contributed by atoms with Gasteiger partial charge in [0.05, 0.1) is 21.3 Å². The molecule has 0 bridgehead atoms. The minimum atomic E-state index is 0.599. The van der Waals surface area contributed by atoms with Gasteiger partial charge in [0.2, 0.25) is 5.95 Å². The molecular weight excluding hydrogens is 280 g/mol. The van der Waals surface area contributed by atoms with Gasteiger partial charge in [-0.05, 0) is 39.0 Å². The summed E-state index contributed by atoms with van der Waals surface area (Å²) in [6.07, 6.45) is 1.77. The van der Waals surface area contributed by atoms with Crippen LogP contribution < -0.4 is 5.32 Å². The van der Waals surface area contributed by atoms with Crippen molar-refractivity contribution in [3.8, 4) is 10.6 Å². The first-order chi connectivity index (χ1) is 10.1. The summed E-state index contributed by atoms with van der Waals surface area (Å²) in [6, 6.07) is 10.1. The molecule has 0 aliphatic heterocycles. The summed E-state index contributed by atoms with van der Waals surface area (Å²) in [4.78, 5) is 14.4. The van der Waals surface area contributed by atoms with E-state index in [0.717, 1.165) is 27.0 Å². The first-order valence-corrected chi connectivity index (χ1v) is 7.54. The van der Waals surface area contributed by atoms with Crippen LogP contribution in [0.5, 0.6) is 0 Å². The van der Waals surface area contributed by atoms with Gasteiger partial charge in [0.15, 0.2) is 0 Å². The predicted molar refractivity (Wildman–Crippen MR) is 87.1 cm³/mol. The van der Waals surface area contributed by atoms with Crippen molar-refractivity contribution in [2.45, 2.75) is 20.8 Å². The number of aryl methyl sites for hydroxylation is 3. The molecule has 3 aromatic rings. The number of anilines is 2. The van der Waals surface area contributed by atoms with Gasteiger partial charge in [0.25, 0.3) is 0 Å². The summed E-state index contributed by atoms with van der Waals surface area (Å²) < 4.78 is 0. The Balaban J connectivity index is 1.89. The van der Waals surface area contributed by atoms with E-state index in [0.29, 0.717) is 5.95 Å². The topological polar surface area (TPSA) is 50.7 Å². The van der Waals surface area contributed by atoms with Crippen LogP contribution in [-0.4, -0.2) is 15.0 Å². The molecule has 0 aliphatic carbocycles. The molecule has 3 rings (SSSR count). The van der Waals surface area contributed by atoms with Crippen LogP contribution in [0, 0.1) is 20.8 Å². The second kappa shape index (κ2) is 5.61. The standard InChI is InChI=1S/C16H16N4S/c1-10-4-6-13(7-5-10)19-16-17-9-8-14(20-16)15-11(2)18-12(3)21-15/h4-9H,1-3H3,(H,17,19,20). The largest absolute Gasteiger partial charge is 0.324 e. The van der Waals surface area contributed by atoms with Crippen LogP contribution in [0.4, 0.5) is 11.6 Å². The normalized spacial score (nSPS) is 10.6. The molecule has 4 nitrogen and oxygen atoms in total. The van der Waals surface area contributed by atoms with Crippen molar-refractivity contribution in [2.75, 3.05) is 5.32 Å². The summed E-state index contributed by atoms with van der Waals surface area (Å²) >= 11 is 1.66. The van der Waals surface area contributed by atoms with Crippen LogP contribution >= 0.6 is 11.3 Å². The molecule has 0 amide bonds. The van der Waals surface area contributed by atoms with E-state index in [9.17, 15) is 0 Å². The number of benzene rings is 1. The first-order valence-electron chi connectivity index (χ1n) is 6.73. The third-order valence-electron chi connectivity index (χ3n) is 3.10. The summed E-state index contributed by atoms with van der Waals surface area (Å²) in [5.41, 5.74) is 4.13. The van der Waals surface area contributed by atoms with E-state index in [2.05, 4.69) is 39.3 Å². The van der Waals surface area contributed by atoms with Crippen LogP contribution in [0.15, 0.2) is 36.5 Å². The fourth-order valence-corrected chi connectivity index (χ4v) is 2.97. The van der Waals surface area contributed by atoms with Gasteiger partial charge >= 0.3 is 0 Å². The SMILES string of the molecule is Cc1ccc(Nc2nccc(-c3sc(C)nc3C)n2)cc1. The van der Waals surface area contributed by atoms with Crippen LogP contribution in [0.2, 0.25) is 0 Å². The highest BCUT2D eigenvalue weighted by molar-refractivity contribution is 7.15. The Morgan fingerprint density at radius 2 is 1.71 bits per heavy atom. The summed E-state index contributed by atoms with van der Waals surface area (Å²) in [7, 11) is 0. The zero-order valence-corrected chi connectivity index (χ0v) is 13.0. The Morgan fingerprint density at radius 1 is 0.952 bits per heavy atom. The lowest BCUT2D eigenvalue weighted by molar-refractivity contribution is 1.16. The first kappa shape index (κ1) is 13.7. The summed E-state index contributed by atoms with van der Waals surface area (Å²) in [5.74, 6) is 0.599. The summed E-state index contributed by atoms with van der Waals surface area (Å²) in [6.45, 7) is 6.08. The average Bonchev–Trinajstić information content (AvgIpc) is 2.81. The zero-order chi connectivity index (χ0) is 14.8. The Labute approximate surface area is 127 Å². The fraction of sp³-hybridized carbons (Fsp3) is 0.188. The molecule has 106 valence electrons. The molecular formula is C16H16N4S. The van der Waals surface area contributed by atoms with Gasteiger partial charge in [0.1, 0.15) is 0 Å². The molecule has 2 heterocycles. The van der Waals surface area contributed by atoms with Crippen LogP contribution in [0.25, 0.3) is 10.6 Å². The number of rotatable bonds is 3. The molecule has 2 aromatic heterocycles. The monoisotopic (exact) mass is 296 g/mol. The van der Waals surface area contributed by atoms with Gasteiger partial charge in [-0.25, -0.2) is 15.0 Å². The molecule has 0 unspecified atom stereocenters. The Bertz CT molecular complexity index is 762. The highest BCUT2D eigenvalue weighted by Crippen LogP contribution is 2.28. The minimum Gasteiger partial charge on any atom is -0.324 e. The van der Waals surface area contributed by atoms with Gasteiger partial charge in [-0.3, -0.25) is 0 Å². The van der Waals surface area contributed by atoms with Crippen LogP contribution in [0.3, 0.4) is 0 Å². The van der Waals surface area contributed by atoms with E-state index in [-0.39, 0.29) is 0 Å². The lowest BCUT2D eigenvalue weighted by atomic mass is 10.2. The van der Waals surface area contributed by atoms with Crippen molar-refractivity contribution in [3.05, 3.63) is 52.8 Å². The van der Waals surface area contributed by atoms with Gasteiger partial charge in [-0.15, -0.1) is 11.3 Å². The smallest absolute Gasteiger partial charge is 0.227 e. The highest BCUT2D eigenvalue weighted by Gasteiger charge is 2.10. The minimum absolute atomic E-state index is 0.599. The number of nitrogens with one attached hydrogen (secondary N) is 1. The highest BCUT2D eigenvalue weighted by atomic mass is 32.1. The number of hydrogen-bond donors (Lipinski definition) is 1. The molecule has 21 heavy (non-hydrogen) atoms. The molecule has 0 radical (unpaired) electrons. The molecule has 1 N–H and O–H groups in total. The van der Waals surface area contributed by atoms with Gasteiger partial charge in [0, 0.05) is 11.9 Å². The van der Waals surface area contributed by atoms with Gasteiger partial charge in [-0.1, -0.05) is 17.7 Å². The lowest BCUT2D eigenvalue weighted by Gasteiger charge is -2.06. The summed E-state index contributed by atoms with van der Waals surface area (Å²) in [5, 5.41) is 4.28. The Hall–Kier alpha value is -2.27. The van der Waals surface area contributed by atoms with Crippen molar-refractivity contribution >= 4 is 23.0 Å². The molecule has 0 saturated heterocycles. The molecule has 0 atom stereocenters. The van der Waals surface area contributed by atoms with Crippen molar-refractivity contribution in [3.63, 3.8) is 0 Å². The van der Waals surface area contributed by atoms with E-state index >= 15 is 0 Å². The maximum atomic E-state index is 4.58. The van der Waals surface area contributed by atoms with Crippen molar-refractivity contribution in [2.24, 2.45) is 0 Å². The fourth-order valence-electron chi connectivity index (χ4n) is 2.08. The van der Waals surface area contributed by atoms with E-state index in [1.54, 1.807) is 17.5 Å². The van der Waals surface area contributed by atoms with Crippen molar-refractivity contribution < 1.29 is 0 Å². The molecule has 0 spiro atoms. The third-order valence-corrected chi connectivity index (χ3v) is 4.19. The second-order valence-electron chi connectivity index (χ2n) is 4.90. The molecule has 1 aromatic carbocycles. The predicted octanol–water partition coefficient (Wildman–Crippen LogP) is 4.27. The average molecular weight is 296 g/mol. The molecule has 0 fully saturated rings. The van der Waals surface area contributed by atoms with Crippen molar-refractivity contribution in [1.29, 1.82) is 0 Å². The second-order valence-corrected chi connectivity index (χ2v) is 6.11. The Morgan fingerprint density at radius 3 is 2.38 bits per heavy atom. The maximum Gasteiger partial charge on any atom is 0.227 e. The molecule has 0 saturated carbocycles. The van der Waals surface area contributed by atoms with Crippen LogP contribution in [0.1, 0.15) is 16.3 Å². The van der Waals surface area contributed by atoms with Crippen LogP contribution in [-0.2, 0) is 0 Å². The van der Waals surface area contributed by atoms with E-state index in [1.807, 2.05) is 32.0 Å².